The van der Waals surface area contributed by atoms with Gasteiger partial charge in [-0.2, -0.15) is 0 Å². The number of hydrogen-bond acceptors (Lipinski definition) is 4. The first-order chi connectivity index (χ1) is 14.0. The highest BCUT2D eigenvalue weighted by atomic mass is 35.5. The minimum absolute atomic E-state index is 0.0239. The van der Waals surface area contributed by atoms with Crippen LogP contribution in [0.3, 0.4) is 0 Å². The molecule has 8 heteroatoms. The first-order valence-corrected chi connectivity index (χ1v) is 10.8. The van der Waals surface area contributed by atoms with Crippen LogP contribution in [0.25, 0.3) is 0 Å². The number of benzene rings is 1. The van der Waals surface area contributed by atoms with E-state index >= 15 is 0 Å². The Morgan fingerprint density at radius 1 is 1.24 bits per heavy atom. The third kappa shape index (κ3) is 4.26. The molecule has 3 aliphatic rings. The highest BCUT2D eigenvalue weighted by Gasteiger charge is 2.48. The molecule has 3 fully saturated rings. The standard InChI is InChI=1S/C21H27ClN4O3/c22-16-5-3-4-15(12-16)17(26-10-1-2-11-26)13-23-18(27)14-6-8-21(9-7-14)19(28)24-20(29)25-21/h3-5,12,14,17H,1-2,6-11,13H2,(H,23,27)(H2,24,25,28,29). The topological polar surface area (TPSA) is 90.5 Å². The third-order valence-corrected chi connectivity index (χ3v) is 6.74. The van der Waals surface area contributed by atoms with E-state index in [-0.39, 0.29) is 23.8 Å². The highest BCUT2D eigenvalue weighted by Crippen LogP contribution is 2.34. The van der Waals surface area contributed by atoms with E-state index < -0.39 is 11.6 Å². The number of carbonyl (C=O) groups excluding carboxylic acids is 3. The Balaban J connectivity index is 1.36. The average molecular weight is 419 g/mol. The number of carbonyl (C=O) groups is 3. The van der Waals surface area contributed by atoms with Crippen LogP contribution in [0.2, 0.25) is 5.02 Å². The lowest BCUT2D eigenvalue weighted by atomic mass is 9.76. The molecule has 1 unspecified atom stereocenters. The lowest BCUT2D eigenvalue weighted by molar-refractivity contribution is -0.130. The molecule has 0 bridgehead atoms. The van der Waals surface area contributed by atoms with Gasteiger partial charge in [0.15, 0.2) is 0 Å². The van der Waals surface area contributed by atoms with Crippen LogP contribution in [0.15, 0.2) is 24.3 Å². The van der Waals surface area contributed by atoms with E-state index in [1.165, 1.54) is 12.8 Å². The Labute approximate surface area is 175 Å². The zero-order valence-corrected chi connectivity index (χ0v) is 17.1. The summed E-state index contributed by atoms with van der Waals surface area (Å²) in [7, 11) is 0. The van der Waals surface area contributed by atoms with Gasteiger partial charge in [0.1, 0.15) is 5.54 Å². The summed E-state index contributed by atoms with van der Waals surface area (Å²) < 4.78 is 0. The molecular formula is C21H27ClN4O3. The molecule has 4 rings (SSSR count). The fourth-order valence-electron chi connectivity index (χ4n) is 4.82. The smallest absolute Gasteiger partial charge is 0.322 e. The summed E-state index contributed by atoms with van der Waals surface area (Å²) in [4.78, 5) is 38.8. The van der Waals surface area contributed by atoms with E-state index in [9.17, 15) is 14.4 Å². The second kappa shape index (κ2) is 8.32. The predicted octanol–water partition coefficient (Wildman–Crippen LogP) is 2.36. The van der Waals surface area contributed by atoms with Crippen LogP contribution >= 0.6 is 11.6 Å². The normalized spacial score (nSPS) is 28.2. The maximum atomic E-state index is 12.8. The zero-order valence-electron chi connectivity index (χ0n) is 16.4. The van der Waals surface area contributed by atoms with Gasteiger partial charge < -0.3 is 10.6 Å². The largest absolute Gasteiger partial charge is 0.354 e. The van der Waals surface area contributed by atoms with E-state index in [0.717, 1.165) is 18.7 Å². The Morgan fingerprint density at radius 2 is 1.97 bits per heavy atom. The summed E-state index contributed by atoms with van der Waals surface area (Å²) in [5, 5.41) is 8.89. The number of rotatable bonds is 5. The molecule has 0 radical (unpaired) electrons. The van der Waals surface area contributed by atoms with Crippen molar-refractivity contribution in [3.63, 3.8) is 0 Å². The first kappa shape index (κ1) is 20.2. The van der Waals surface area contributed by atoms with E-state index in [4.69, 9.17) is 11.6 Å². The Hall–Kier alpha value is -2.12. The molecule has 1 aromatic carbocycles. The van der Waals surface area contributed by atoms with E-state index in [1.807, 2.05) is 18.2 Å². The monoisotopic (exact) mass is 418 g/mol. The molecule has 1 atom stereocenters. The highest BCUT2D eigenvalue weighted by molar-refractivity contribution is 6.30. The number of nitrogens with zero attached hydrogens (tertiary/aromatic N) is 1. The Morgan fingerprint density at radius 3 is 2.59 bits per heavy atom. The van der Waals surface area contributed by atoms with E-state index in [0.29, 0.717) is 37.3 Å². The fourth-order valence-corrected chi connectivity index (χ4v) is 5.02. The van der Waals surface area contributed by atoms with Crippen LogP contribution < -0.4 is 16.0 Å². The number of likely N-dealkylation sites (tertiary alicyclic amines) is 1. The molecule has 2 aliphatic heterocycles. The van der Waals surface area contributed by atoms with Gasteiger partial charge >= 0.3 is 6.03 Å². The average Bonchev–Trinajstić information content (AvgIpc) is 3.31. The van der Waals surface area contributed by atoms with Crippen molar-refractivity contribution in [3.8, 4) is 0 Å². The lowest BCUT2D eigenvalue weighted by Gasteiger charge is -2.34. The molecule has 2 heterocycles. The minimum Gasteiger partial charge on any atom is -0.354 e. The summed E-state index contributed by atoms with van der Waals surface area (Å²) in [6.45, 7) is 2.58. The molecule has 2 saturated heterocycles. The van der Waals surface area contributed by atoms with Gasteiger partial charge in [-0.15, -0.1) is 0 Å². The van der Waals surface area contributed by atoms with Crippen LogP contribution in [0.4, 0.5) is 4.79 Å². The van der Waals surface area contributed by atoms with E-state index in [2.05, 4.69) is 26.9 Å². The molecule has 156 valence electrons. The number of amides is 4. The van der Waals surface area contributed by atoms with Gasteiger partial charge in [0.2, 0.25) is 5.91 Å². The zero-order chi connectivity index (χ0) is 20.4. The minimum atomic E-state index is -0.827. The van der Waals surface area contributed by atoms with Gasteiger partial charge in [-0.3, -0.25) is 19.8 Å². The fraction of sp³-hybridized carbons (Fsp3) is 0.571. The molecule has 0 aromatic heterocycles. The summed E-state index contributed by atoms with van der Waals surface area (Å²) in [5.74, 6) is -0.378. The van der Waals surface area contributed by atoms with Gasteiger partial charge in [-0.25, -0.2) is 4.79 Å². The number of urea groups is 1. The van der Waals surface area contributed by atoms with Crippen LogP contribution in [-0.4, -0.2) is 47.9 Å². The molecule has 1 spiro atoms. The van der Waals surface area contributed by atoms with Crippen LogP contribution in [0.1, 0.15) is 50.1 Å². The summed E-state index contributed by atoms with van der Waals surface area (Å²) in [6, 6.07) is 7.52. The lowest BCUT2D eigenvalue weighted by Crippen LogP contribution is -2.51. The van der Waals surface area contributed by atoms with Gasteiger partial charge in [0.25, 0.3) is 5.91 Å². The van der Waals surface area contributed by atoms with Gasteiger partial charge in [-0.1, -0.05) is 23.7 Å². The molecule has 1 saturated carbocycles. The number of hydrogen-bond donors (Lipinski definition) is 3. The molecule has 1 aliphatic carbocycles. The van der Waals surface area contributed by atoms with Gasteiger partial charge in [0, 0.05) is 17.5 Å². The van der Waals surface area contributed by atoms with Crippen LogP contribution in [0, 0.1) is 5.92 Å². The van der Waals surface area contributed by atoms with Crippen molar-refractivity contribution >= 4 is 29.4 Å². The summed E-state index contributed by atoms with van der Waals surface area (Å²) >= 11 is 6.19. The van der Waals surface area contributed by atoms with Crippen molar-refractivity contribution in [1.29, 1.82) is 0 Å². The van der Waals surface area contributed by atoms with Gasteiger partial charge in [-0.05, 0) is 69.3 Å². The SMILES string of the molecule is O=C1NC(=O)C2(CCC(C(=O)NCC(c3cccc(Cl)c3)N3CCCC3)CC2)N1. The maximum absolute atomic E-state index is 12.8. The van der Waals surface area contributed by atoms with Crippen LogP contribution in [-0.2, 0) is 9.59 Å². The first-order valence-electron chi connectivity index (χ1n) is 10.4. The quantitative estimate of drug-likeness (QED) is 0.640. The van der Waals surface area contributed by atoms with Crippen molar-refractivity contribution in [2.75, 3.05) is 19.6 Å². The summed E-state index contributed by atoms with van der Waals surface area (Å²) in [5.41, 5.74) is 0.292. The molecule has 1 aromatic rings. The number of halogens is 1. The molecule has 7 nitrogen and oxygen atoms in total. The second-order valence-electron chi connectivity index (χ2n) is 8.32. The Kier molecular flexibility index (Phi) is 5.79. The van der Waals surface area contributed by atoms with Crippen molar-refractivity contribution < 1.29 is 14.4 Å². The summed E-state index contributed by atoms with van der Waals surface area (Å²) in [6.07, 6.45) is 4.50. The second-order valence-corrected chi connectivity index (χ2v) is 8.76. The molecule has 4 amide bonds. The molecular weight excluding hydrogens is 392 g/mol. The van der Waals surface area contributed by atoms with Crippen LogP contribution in [0.5, 0.6) is 0 Å². The predicted molar refractivity (Wildman–Crippen MR) is 109 cm³/mol. The molecule has 3 N–H and O–H groups in total. The van der Waals surface area contributed by atoms with Crippen molar-refractivity contribution in [1.82, 2.24) is 20.9 Å². The third-order valence-electron chi connectivity index (χ3n) is 6.51. The molecule has 29 heavy (non-hydrogen) atoms. The van der Waals surface area contributed by atoms with E-state index in [1.54, 1.807) is 0 Å². The number of imide groups is 1. The van der Waals surface area contributed by atoms with Gasteiger partial charge in [0.05, 0.1) is 6.04 Å². The van der Waals surface area contributed by atoms with Crippen molar-refractivity contribution in [2.45, 2.75) is 50.1 Å². The van der Waals surface area contributed by atoms with Crippen molar-refractivity contribution in [2.24, 2.45) is 5.92 Å². The maximum Gasteiger partial charge on any atom is 0.322 e. The number of nitrogens with one attached hydrogen (secondary N) is 3. The van der Waals surface area contributed by atoms with Crippen molar-refractivity contribution in [3.05, 3.63) is 34.9 Å². The Bertz CT molecular complexity index is 801.